The van der Waals surface area contributed by atoms with E-state index in [0.717, 1.165) is 16.5 Å². The smallest absolute Gasteiger partial charge is 0.154 e. The van der Waals surface area contributed by atoms with E-state index < -0.39 is 0 Å². The summed E-state index contributed by atoms with van der Waals surface area (Å²) in [4.78, 5) is 0.262. The van der Waals surface area contributed by atoms with Gasteiger partial charge in [0.25, 0.3) is 0 Å². The van der Waals surface area contributed by atoms with E-state index in [9.17, 15) is 0 Å². The Morgan fingerprint density at radius 1 is 1.05 bits per heavy atom. The van der Waals surface area contributed by atoms with E-state index in [4.69, 9.17) is 18.0 Å². The molecule has 3 aromatic rings. The Morgan fingerprint density at radius 2 is 1.68 bits per heavy atom. The van der Waals surface area contributed by atoms with Crippen molar-refractivity contribution in [3.8, 4) is 5.69 Å². The topological polar surface area (TPSA) is 56.7 Å². The van der Waals surface area contributed by atoms with Crippen LogP contribution in [0.1, 0.15) is 11.3 Å². The van der Waals surface area contributed by atoms with Gasteiger partial charge >= 0.3 is 0 Å². The number of rotatable bonds is 5. The first-order chi connectivity index (χ1) is 10.8. The minimum Gasteiger partial charge on any atom is -0.388 e. The van der Waals surface area contributed by atoms with Gasteiger partial charge in [0, 0.05) is 5.75 Å². The number of para-hydroxylation sites is 1. The third-order valence-electron chi connectivity index (χ3n) is 3.08. The Hall–Kier alpha value is -2.18. The quantitative estimate of drug-likeness (QED) is 0.576. The first-order valence-corrected chi connectivity index (χ1v) is 8.13. The maximum atomic E-state index is 5.78. The molecule has 0 radical (unpaired) electrons. The lowest BCUT2D eigenvalue weighted by Gasteiger charge is -2.07. The van der Waals surface area contributed by atoms with Crippen molar-refractivity contribution in [2.24, 2.45) is 5.73 Å². The number of benzene rings is 2. The number of hydrogen-bond acceptors (Lipinski definition) is 4. The largest absolute Gasteiger partial charge is 0.388 e. The van der Waals surface area contributed by atoms with Crippen LogP contribution >= 0.6 is 24.0 Å². The van der Waals surface area contributed by atoms with Crippen LogP contribution in [0.15, 0.2) is 65.7 Å². The highest BCUT2D eigenvalue weighted by Gasteiger charge is 2.16. The molecular weight excluding hydrogens is 312 g/mol. The zero-order valence-corrected chi connectivity index (χ0v) is 13.3. The number of thiocarbonyl (C=S) groups is 1. The standard InChI is InChI=1S/C16H14N4S2/c17-15(21)14-16(22-11-12-7-3-1-4-8-12)20(19-18-14)13-9-5-2-6-10-13/h1-10H,11H2,(H2,17,21). The van der Waals surface area contributed by atoms with Crippen molar-refractivity contribution < 1.29 is 0 Å². The summed E-state index contributed by atoms with van der Waals surface area (Å²) >= 11 is 6.72. The lowest BCUT2D eigenvalue weighted by molar-refractivity contribution is 0.756. The van der Waals surface area contributed by atoms with E-state index in [1.165, 1.54) is 5.56 Å². The summed E-state index contributed by atoms with van der Waals surface area (Å²) in [7, 11) is 0. The maximum Gasteiger partial charge on any atom is 0.154 e. The number of nitrogens with two attached hydrogens (primary N) is 1. The molecule has 0 aliphatic carbocycles. The molecule has 0 aliphatic rings. The van der Waals surface area contributed by atoms with E-state index in [2.05, 4.69) is 22.4 Å². The Balaban J connectivity index is 1.94. The molecule has 0 bridgehead atoms. The Kier molecular flexibility index (Phi) is 4.50. The molecule has 0 saturated heterocycles. The first-order valence-electron chi connectivity index (χ1n) is 6.73. The second-order valence-corrected chi connectivity index (χ2v) is 6.03. The van der Waals surface area contributed by atoms with Crippen molar-refractivity contribution in [2.45, 2.75) is 10.8 Å². The minimum absolute atomic E-state index is 0.262. The second-order valence-electron chi connectivity index (χ2n) is 4.63. The molecule has 4 nitrogen and oxygen atoms in total. The zero-order chi connectivity index (χ0) is 15.4. The van der Waals surface area contributed by atoms with Crippen LogP contribution in [0.2, 0.25) is 0 Å². The van der Waals surface area contributed by atoms with Crippen LogP contribution in [-0.2, 0) is 5.75 Å². The van der Waals surface area contributed by atoms with Gasteiger partial charge in [0.2, 0.25) is 0 Å². The van der Waals surface area contributed by atoms with Crippen LogP contribution in [0.5, 0.6) is 0 Å². The highest BCUT2D eigenvalue weighted by atomic mass is 32.2. The van der Waals surface area contributed by atoms with Crippen LogP contribution in [-0.4, -0.2) is 20.0 Å². The van der Waals surface area contributed by atoms with Gasteiger partial charge in [-0.2, -0.15) is 0 Å². The molecule has 0 amide bonds. The third kappa shape index (κ3) is 3.18. The van der Waals surface area contributed by atoms with Gasteiger partial charge in [0.15, 0.2) is 5.69 Å². The van der Waals surface area contributed by atoms with Crippen molar-refractivity contribution in [1.82, 2.24) is 15.0 Å². The van der Waals surface area contributed by atoms with Gasteiger partial charge in [-0.3, -0.25) is 0 Å². The molecule has 0 unspecified atom stereocenters. The molecule has 2 N–H and O–H groups in total. The monoisotopic (exact) mass is 326 g/mol. The molecule has 110 valence electrons. The van der Waals surface area contributed by atoms with E-state index in [0.29, 0.717) is 5.69 Å². The Morgan fingerprint density at radius 3 is 2.32 bits per heavy atom. The van der Waals surface area contributed by atoms with E-state index in [-0.39, 0.29) is 4.99 Å². The predicted molar refractivity (Wildman–Crippen MR) is 93.2 cm³/mol. The maximum absolute atomic E-state index is 5.78. The van der Waals surface area contributed by atoms with Gasteiger partial charge < -0.3 is 5.73 Å². The van der Waals surface area contributed by atoms with Gasteiger partial charge in [-0.05, 0) is 17.7 Å². The average molecular weight is 326 g/mol. The minimum atomic E-state index is 0.262. The summed E-state index contributed by atoms with van der Waals surface area (Å²) in [5.41, 5.74) is 8.51. The van der Waals surface area contributed by atoms with E-state index in [1.54, 1.807) is 16.4 Å². The molecule has 0 spiro atoms. The van der Waals surface area contributed by atoms with Gasteiger partial charge in [-0.25, -0.2) is 4.68 Å². The molecule has 6 heteroatoms. The molecule has 0 aliphatic heterocycles. The molecule has 1 aromatic heterocycles. The van der Waals surface area contributed by atoms with Crippen LogP contribution in [0.25, 0.3) is 5.69 Å². The lowest BCUT2D eigenvalue weighted by atomic mass is 10.2. The first kappa shape index (κ1) is 14.7. The van der Waals surface area contributed by atoms with Gasteiger partial charge in [-0.1, -0.05) is 77.7 Å². The van der Waals surface area contributed by atoms with E-state index in [1.807, 2.05) is 48.5 Å². The van der Waals surface area contributed by atoms with Crippen LogP contribution < -0.4 is 5.73 Å². The Bertz CT molecular complexity index is 769. The molecule has 0 fully saturated rings. The molecule has 3 rings (SSSR count). The summed E-state index contributed by atoms with van der Waals surface area (Å²) in [6, 6.07) is 20.1. The number of aromatic nitrogens is 3. The van der Waals surface area contributed by atoms with Gasteiger partial charge in [0.1, 0.15) is 10.0 Å². The molecule has 1 heterocycles. The fourth-order valence-electron chi connectivity index (χ4n) is 2.02. The summed E-state index contributed by atoms with van der Waals surface area (Å²) in [6.07, 6.45) is 0. The van der Waals surface area contributed by atoms with Crippen LogP contribution in [0.4, 0.5) is 0 Å². The molecule has 22 heavy (non-hydrogen) atoms. The van der Waals surface area contributed by atoms with Crippen molar-refractivity contribution >= 4 is 29.0 Å². The highest BCUT2D eigenvalue weighted by molar-refractivity contribution is 7.98. The zero-order valence-electron chi connectivity index (χ0n) is 11.7. The molecule has 2 aromatic carbocycles. The normalized spacial score (nSPS) is 10.5. The fraction of sp³-hybridized carbons (Fsp3) is 0.0625. The lowest BCUT2D eigenvalue weighted by Crippen LogP contribution is -2.11. The highest BCUT2D eigenvalue weighted by Crippen LogP contribution is 2.27. The van der Waals surface area contributed by atoms with Crippen molar-refractivity contribution in [1.29, 1.82) is 0 Å². The van der Waals surface area contributed by atoms with Gasteiger partial charge in [-0.15, -0.1) is 5.10 Å². The van der Waals surface area contributed by atoms with Crippen molar-refractivity contribution in [2.75, 3.05) is 0 Å². The summed E-state index contributed by atoms with van der Waals surface area (Å²) in [5.74, 6) is 0.802. The summed E-state index contributed by atoms with van der Waals surface area (Å²) < 4.78 is 1.78. The fourth-order valence-corrected chi connectivity index (χ4v) is 3.27. The molecule has 0 saturated carbocycles. The molecular formula is C16H14N4S2. The Labute approximate surface area is 138 Å². The predicted octanol–water partition coefficient (Wildman–Crippen LogP) is 3.19. The van der Waals surface area contributed by atoms with Gasteiger partial charge in [0.05, 0.1) is 5.69 Å². The van der Waals surface area contributed by atoms with E-state index >= 15 is 0 Å². The molecule has 0 atom stereocenters. The number of thioether (sulfide) groups is 1. The summed E-state index contributed by atoms with van der Waals surface area (Å²) in [5, 5.41) is 9.19. The third-order valence-corrected chi connectivity index (χ3v) is 4.39. The van der Waals surface area contributed by atoms with Crippen LogP contribution in [0.3, 0.4) is 0 Å². The average Bonchev–Trinajstić information content (AvgIpc) is 2.99. The van der Waals surface area contributed by atoms with Crippen molar-refractivity contribution in [3.63, 3.8) is 0 Å². The summed E-state index contributed by atoms with van der Waals surface area (Å²) in [6.45, 7) is 0. The second kappa shape index (κ2) is 6.72. The van der Waals surface area contributed by atoms with Crippen LogP contribution in [0, 0.1) is 0 Å². The number of hydrogen-bond donors (Lipinski definition) is 1. The SMILES string of the molecule is NC(=S)c1nnn(-c2ccccc2)c1SCc1ccccc1. The van der Waals surface area contributed by atoms with Crippen molar-refractivity contribution in [3.05, 3.63) is 71.9 Å². The number of nitrogens with zero attached hydrogens (tertiary/aromatic N) is 3.